The molecule has 1 aromatic heterocycles. The van der Waals surface area contributed by atoms with Gasteiger partial charge < -0.3 is 5.73 Å². The van der Waals surface area contributed by atoms with Crippen molar-refractivity contribution in [3.05, 3.63) is 34.4 Å². The Balaban J connectivity index is 2.49. The van der Waals surface area contributed by atoms with E-state index in [2.05, 4.69) is 26.1 Å². The topological polar surface area (TPSA) is 54.7 Å². The lowest BCUT2D eigenvalue weighted by atomic mass is 10.1. The van der Waals surface area contributed by atoms with Gasteiger partial charge in [0.2, 0.25) is 0 Å². The van der Waals surface area contributed by atoms with Crippen LogP contribution in [0.2, 0.25) is 0 Å². The van der Waals surface area contributed by atoms with Gasteiger partial charge in [-0.05, 0) is 19.1 Å². The molecule has 4 heteroatoms. The first-order valence-corrected chi connectivity index (χ1v) is 5.04. The summed E-state index contributed by atoms with van der Waals surface area (Å²) in [6, 6.07) is 7.91. The molecular formula is C10H10BrN3. The molecule has 0 bridgehead atoms. The molecule has 0 unspecified atom stereocenters. The van der Waals surface area contributed by atoms with Gasteiger partial charge in [-0.3, -0.25) is 5.10 Å². The minimum Gasteiger partial charge on any atom is -0.395 e. The van der Waals surface area contributed by atoms with Crippen molar-refractivity contribution in [1.29, 1.82) is 0 Å². The predicted molar refractivity (Wildman–Crippen MR) is 60.9 cm³/mol. The van der Waals surface area contributed by atoms with E-state index >= 15 is 0 Å². The Morgan fingerprint density at radius 2 is 1.93 bits per heavy atom. The van der Waals surface area contributed by atoms with Gasteiger partial charge >= 0.3 is 0 Å². The minimum atomic E-state index is 0.715. The van der Waals surface area contributed by atoms with E-state index in [1.165, 1.54) is 0 Å². The Morgan fingerprint density at radius 3 is 2.43 bits per heavy atom. The fourth-order valence-electron chi connectivity index (χ4n) is 1.27. The molecule has 0 saturated carbocycles. The summed E-state index contributed by atoms with van der Waals surface area (Å²) in [5.74, 6) is 0. The van der Waals surface area contributed by atoms with Crippen molar-refractivity contribution >= 4 is 21.6 Å². The summed E-state index contributed by atoms with van der Waals surface area (Å²) >= 11 is 3.38. The van der Waals surface area contributed by atoms with Gasteiger partial charge in [0.1, 0.15) is 5.69 Å². The zero-order chi connectivity index (χ0) is 10.1. The quantitative estimate of drug-likeness (QED) is 0.819. The van der Waals surface area contributed by atoms with E-state index in [-0.39, 0.29) is 0 Å². The second-order valence-electron chi connectivity index (χ2n) is 3.12. The number of nitrogens with zero attached hydrogens (tertiary/aromatic N) is 1. The lowest BCUT2D eigenvalue weighted by molar-refractivity contribution is 1.05. The first kappa shape index (κ1) is 9.27. The Bertz CT molecular complexity index is 445. The van der Waals surface area contributed by atoms with Crippen LogP contribution in [0.1, 0.15) is 5.69 Å². The predicted octanol–water partition coefficient (Wildman–Crippen LogP) is 2.73. The number of benzene rings is 1. The van der Waals surface area contributed by atoms with Crippen LogP contribution in [0, 0.1) is 6.92 Å². The Labute approximate surface area is 90.5 Å². The Hall–Kier alpha value is -1.29. The number of nitrogens with two attached hydrogens (primary N) is 1. The van der Waals surface area contributed by atoms with E-state index in [1.807, 2.05) is 31.2 Å². The fraction of sp³-hybridized carbons (Fsp3) is 0.100. The molecule has 14 heavy (non-hydrogen) atoms. The normalized spacial score (nSPS) is 10.4. The highest BCUT2D eigenvalue weighted by Crippen LogP contribution is 2.26. The number of aromatic amines is 1. The first-order chi connectivity index (χ1) is 6.68. The smallest absolute Gasteiger partial charge is 0.115 e. The molecule has 0 aliphatic heterocycles. The van der Waals surface area contributed by atoms with Gasteiger partial charge in [-0.15, -0.1) is 0 Å². The third kappa shape index (κ3) is 1.53. The highest BCUT2D eigenvalue weighted by molar-refractivity contribution is 9.10. The monoisotopic (exact) mass is 251 g/mol. The number of aromatic nitrogens is 2. The summed E-state index contributed by atoms with van der Waals surface area (Å²) in [5, 5.41) is 7.01. The van der Waals surface area contributed by atoms with Gasteiger partial charge in [-0.1, -0.05) is 28.1 Å². The molecule has 0 saturated heterocycles. The largest absolute Gasteiger partial charge is 0.395 e. The van der Waals surface area contributed by atoms with Gasteiger partial charge in [0.15, 0.2) is 0 Å². The third-order valence-corrected chi connectivity index (χ3v) is 2.64. The summed E-state index contributed by atoms with van der Waals surface area (Å²) in [5.41, 5.74) is 9.33. The highest BCUT2D eigenvalue weighted by Gasteiger charge is 2.07. The minimum absolute atomic E-state index is 0.715. The second-order valence-corrected chi connectivity index (χ2v) is 4.03. The first-order valence-electron chi connectivity index (χ1n) is 4.25. The molecule has 2 aromatic rings. The highest BCUT2D eigenvalue weighted by atomic mass is 79.9. The number of hydrogen-bond acceptors (Lipinski definition) is 2. The van der Waals surface area contributed by atoms with Crippen molar-refractivity contribution in [3.8, 4) is 11.3 Å². The molecule has 1 aromatic carbocycles. The molecule has 0 fully saturated rings. The van der Waals surface area contributed by atoms with Crippen molar-refractivity contribution < 1.29 is 0 Å². The van der Waals surface area contributed by atoms with Crippen LogP contribution in [0.15, 0.2) is 28.7 Å². The fourth-order valence-corrected chi connectivity index (χ4v) is 1.53. The maximum atomic E-state index is 5.87. The average molecular weight is 252 g/mol. The molecule has 0 amide bonds. The van der Waals surface area contributed by atoms with E-state index in [1.54, 1.807) is 0 Å². The number of aryl methyl sites for hydroxylation is 1. The summed E-state index contributed by atoms with van der Waals surface area (Å²) in [4.78, 5) is 0. The average Bonchev–Trinajstić information content (AvgIpc) is 2.50. The van der Waals surface area contributed by atoms with E-state index in [9.17, 15) is 0 Å². The number of nitrogens with one attached hydrogen (secondary N) is 1. The lowest BCUT2D eigenvalue weighted by Gasteiger charge is -1.98. The number of rotatable bonds is 1. The van der Waals surface area contributed by atoms with Crippen molar-refractivity contribution in [2.24, 2.45) is 0 Å². The van der Waals surface area contributed by atoms with Crippen molar-refractivity contribution in [2.45, 2.75) is 6.92 Å². The number of H-pyrrole nitrogens is 1. The van der Waals surface area contributed by atoms with Crippen LogP contribution in [-0.4, -0.2) is 10.2 Å². The maximum absolute atomic E-state index is 5.87. The van der Waals surface area contributed by atoms with Crippen molar-refractivity contribution in [1.82, 2.24) is 10.2 Å². The van der Waals surface area contributed by atoms with Crippen LogP contribution in [-0.2, 0) is 0 Å². The SMILES string of the molecule is Cc1[nH]nc(-c2ccc(Br)cc2)c1N. The van der Waals surface area contributed by atoms with Crippen LogP contribution in [0.5, 0.6) is 0 Å². The molecule has 2 rings (SSSR count). The van der Waals surface area contributed by atoms with Crippen molar-refractivity contribution in [3.63, 3.8) is 0 Å². The van der Waals surface area contributed by atoms with Gasteiger partial charge in [0.05, 0.1) is 11.4 Å². The molecular weight excluding hydrogens is 242 g/mol. The molecule has 0 spiro atoms. The maximum Gasteiger partial charge on any atom is 0.115 e. The molecule has 3 nitrogen and oxygen atoms in total. The molecule has 0 aliphatic carbocycles. The molecule has 1 heterocycles. The third-order valence-electron chi connectivity index (χ3n) is 2.11. The van der Waals surface area contributed by atoms with Crippen LogP contribution in [0.3, 0.4) is 0 Å². The van der Waals surface area contributed by atoms with E-state index in [4.69, 9.17) is 5.73 Å². The second kappa shape index (κ2) is 3.46. The van der Waals surface area contributed by atoms with Crippen LogP contribution < -0.4 is 5.73 Å². The van der Waals surface area contributed by atoms with Crippen LogP contribution in [0.25, 0.3) is 11.3 Å². The van der Waals surface area contributed by atoms with Gasteiger partial charge in [0, 0.05) is 10.0 Å². The lowest BCUT2D eigenvalue weighted by Crippen LogP contribution is -1.88. The molecule has 0 aliphatic rings. The Kier molecular flexibility index (Phi) is 2.29. The van der Waals surface area contributed by atoms with Crippen LogP contribution in [0.4, 0.5) is 5.69 Å². The van der Waals surface area contributed by atoms with Gasteiger partial charge in [-0.25, -0.2) is 0 Å². The summed E-state index contributed by atoms with van der Waals surface area (Å²) in [7, 11) is 0. The number of hydrogen-bond donors (Lipinski definition) is 2. The van der Waals surface area contributed by atoms with E-state index in [0.29, 0.717) is 5.69 Å². The van der Waals surface area contributed by atoms with Crippen LogP contribution >= 0.6 is 15.9 Å². The standard InChI is InChI=1S/C10H10BrN3/c1-6-9(12)10(14-13-6)7-2-4-8(11)5-3-7/h2-5H,12H2,1H3,(H,13,14). The Morgan fingerprint density at radius 1 is 1.29 bits per heavy atom. The molecule has 0 radical (unpaired) electrons. The van der Waals surface area contributed by atoms with Gasteiger partial charge in [-0.2, -0.15) is 5.10 Å². The number of anilines is 1. The molecule has 72 valence electrons. The van der Waals surface area contributed by atoms with E-state index < -0.39 is 0 Å². The summed E-state index contributed by atoms with van der Waals surface area (Å²) in [6.07, 6.45) is 0. The van der Waals surface area contributed by atoms with Gasteiger partial charge in [0.25, 0.3) is 0 Å². The number of nitrogen functional groups attached to an aromatic ring is 1. The zero-order valence-electron chi connectivity index (χ0n) is 7.71. The van der Waals surface area contributed by atoms with E-state index in [0.717, 1.165) is 21.4 Å². The zero-order valence-corrected chi connectivity index (χ0v) is 9.30. The number of halogens is 1. The molecule has 3 N–H and O–H groups in total. The summed E-state index contributed by atoms with van der Waals surface area (Å²) < 4.78 is 1.05. The summed E-state index contributed by atoms with van der Waals surface area (Å²) in [6.45, 7) is 1.91. The molecule has 0 atom stereocenters. The van der Waals surface area contributed by atoms with Crippen molar-refractivity contribution in [2.75, 3.05) is 5.73 Å².